The fraction of sp³-hybridized carbons (Fsp3) is 0.667. The molecule has 0 aliphatic carbocycles. The van der Waals surface area contributed by atoms with E-state index in [-0.39, 0.29) is 12.0 Å². The first kappa shape index (κ1) is 10.0. The minimum atomic E-state index is -0.252. The van der Waals surface area contributed by atoms with E-state index in [1.54, 1.807) is 6.92 Å². The predicted molar refractivity (Wildman–Crippen MR) is 46.8 cm³/mol. The highest BCUT2D eigenvalue weighted by atomic mass is 16.7. The normalized spacial score (nSPS) is 21.5. The Morgan fingerprint density at radius 3 is 3.15 bits per heavy atom. The van der Waals surface area contributed by atoms with Crippen molar-refractivity contribution in [3.8, 4) is 11.8 Å². The van der Waals surface area contributed by atoms with Crippen molar-refractivity contribution in [2.24, 2.45) is 0 Å². The summed E-state index contributed by atoms with van der Waals surface area (Å²) in [4.78, 5) is 10.9. The molecule has 0 aromatic carbocycles. The fourth-order valence-electron chi connectivity index (χ4n) is 1.03. The number of rotatable bonds is 2. The zero-order chi connectivity index (χ0) is 9.52. The lowest BCUT2D eigenvalue weighted by molar-refractivity contribution is -0.139. The summed E-state index contributed by atoms with van der Waals surface area (Å²) in [5, 5.41) is 2.66. The van der Waals surface area contributed by atoms with Crippen molar-refractivity contribution in [2.75, 3.05) is 19.9 Å². The van der Waals surface area contributed by atoms with Gasteiger partial charge in [-0.3, -0.25) is 4.79 Å². The van der Waals surface area contributed by atoms with E-state index in [0.717, 1.165) is 6.42 Å². The Morgan fingerprint density at radius 2 is 2.54 bits per heavy atom. The monoisotopic (exact) mass is 183 g/mol. The Hall–Kier alpha value is -1.05. The third-order valence-electron chi connectivity index (χ3n) is 1.70. The third-order valence-corrected chi connectivity index (χ3v) is 1.70. The van der Waals surface area contributed by atoms with Gasteiger partial charge in [0.05, 0.1) is 12.7 Å². The van der Waals surface area contributed by atoms with Crippen LogP contribution < -0.4 is 5.32 Å². The van der Waals surface area contributed by atoms with Crippen molar-refractivity contribution in [1.29, 1.82) is 0 Å². The molecule has 0 saturated carbocycles. The van der Waals surface area contributed by atoms with Gasteiger partial charge in [-0.1, -0.05) is 5.92 Å². The van der Waals surface area contributed by atoms with Crippen LogP contribution in [0, 0.1) is 11.8 Å². The summed E-state index contributed by atoms with van der Waals surface area (Å²) >= 11 is 0. The van der Waals surface area contributed by atoms with Crippen molar-refractivity contribution in [1.82, 2.24) is 5.32 Å². The van der Waals surface area contributed by atoms with Gasteiger partial charge >= 0.3 is 0 Å². The molecule has 13 heavy (non-hydrogen) atoms. The predicted octanol–water partition coefficient (Wildman–Crippen LogP) is -0.111. The van der Waals surface area contributed by atoms with Crippen molar-refractivity contribution < 1.29 is 14.3 Å². The number of amides is 1. The van der Waals surface area contributed by atoms with Crippen LogP contribution in [-0.2, 0) is 14.3 Å². The Kier molecular flexibility index (Phi) is 4.30. The van der Waals surface area contributed by atoms with Gasteiger partial charge in [-0.25, -0.2) is 0 Å². The maximum absolute atomic E-state index is 10.9. The van der Waals surface area contributed by atoms with Crippen molar-refractivity contribution in [3.63, 3.8) is 0 Å². The van der Waals surface area contributed by atoms with Crippen molar-refractivity contribution in [3.05, 3.63) is 0 Å². The smallest absolute Gasteiger partial charge is 0.295 e. The summed E-state index contributed by atoms with van der Waals surface area (Å²) in [6.07, 6.45) is 0.885. The van der Waals surface area contributed by atoms with Crippen LogP contribution >= 0.6 is 0 Å². The van der Waals surface area contributed by atoms with E-state index in [4.69, 9.17) is 9.47 Å². The standard InChI is InChI=1S/C9H13NO3/c1-2-3-9(11)10-6-8-4-5-12-7-13-8/h8H,4-7H2,1H3,(H,10,11). The van der Waals surface area contributed by atoms with Gasteiger partial charge < -0.3 is 14.8 Å². The number of hydrogen-bond donors (Lipinski definition) is 1. The SMILES string of the molecule is CC#CC(=O)NCC1CCOCO1. The molecule has 1 aliphatic rings. The Morgan fingerprint density at radius 1 is 1.69 bits per heavy atom. The van der Waals surface area contributed by atoms with E-state index in [2.05, 4.69) is 17.2 Å². The molecule has 1 aliphatic heterocycles. The minimum Gasteiger partial charge on any atom is -0.355 e. The first-order valence-electron chi connectivity index (χ1n) is 4.23. The molecule has 1 amide bonds. The van der Waals surface area contributed by atoms with E-state index in [1.807, 2.05) is 0 Å². The van der Waals surface area contributed by atoms with Gasteiger partial charge in [0, 0.05) is 6.54 Å². The highest BCUT2D eigenvalue weighted by molar-refractivity contribution is 5.93. The van der Waals surface area contributed by atoms with Crippen LogP contribution in [0.4, 0.5) is 0 Å². The molecule has 72 valence electrons. The van der Waals surface area contributed by atoms with Crippen LogP contribution in [0.3, 0.4) is 0 Å². The molecule has 0 aromatic rings. The topological polar surface area (TPSA) is 47.6 Å². The summed E-state index contributed by atoms with van der Waals surface area (Å²) in [5.74, 6) is 4.67. The molecular weight excluding hydrogens is 170 g/mol. The summed E-state index contributed by atoms with van der Waals surface area (Å²) in [7, 11) is 0. The highest BCUT2D eigenvalue weighted by Gasteiger charge is 2.13. The molecule has 0 bridgehead atoms. The lowest BCUT2D eigenvalue weighted by Crippen LogP contribution is -2.36. The number of hydrogen-bond acceptors (Lipinski definition) is 3. The van der Waals surface area contributed by atoms with Gasteiger partial charge in [-0.05, 0) is 19.3 Å². The summed E-state index contributed by atoms with van der Waals surface area (Å²) < 4.78 is 10.2. The second kappa shape index (κ2) is 5.57. The molecule has 4 heteroatoms. The van der Waals surface area contributed by atoms with Crippen molar-refractivity contribution >= 4 is 5.91 Å². The Bertz CT molecular complexity index is 223. The summed E-state index contributed by atoms with van der Waals surface area (Å²) in [6, 6.07) is 0. The van der Waals surface area contributed by atoms with Gasteiger partial charge in [0.15, 0.2) is 0 Å². The van der Waals surface area contributed by atoms with E-state index in [0.29, 0.717) is 19.9 Å². The van der Waals surface area contributed by atoms with Gasteiger partial charge in [-0.15, -0.1) is 0 Å². The molecule has 0 aromatic heterocycles. The second-order valence-corrected chi connectivity index (χ2v) is 2.69. The molecule has 1 heterocycles. The molecule has 1 fully saturated rings. The third kappa shape index (κ3) is 3.92. The number of carbonyl (C=O) groups excluding carboxylic acids is 1. The van der Waals surface area contributed by atoms with E-state index >= 15 is 0 Å². The number of carbonyl (C=O) groups is 1. The number of ether oxygens (including phenoxy) is 2. The largest absolute Gasteiger partial charge is 0.355 e. The molecule has 1 saturated heterocycles. The van der Waals surface area contributed by atoms with Crippen LogP contribution in [0.25, 0.3) is 0 Å². The van der Waals surface area contributed by atoms with Gasteiger partial charge in [-0.2, -0.15) is 0 Å². The van der Waals surface area contributed by atoms with E-state index in [1.165, 1.54) is 0 Å². The zero-order valence-electron chi connectivity index (χ0n) is 7.63. The molecule has 1 rings (SSSR count). The van der Waals surface area contributed by atoms with Crippen LogP contribution in [0.15, 0.2) is 0 Å². The van der Waals surface area contributed by atoms with E-state index in [9.17, 15) is 4.79 Å². The maximum atomic E-state index is 10.9. The van der Waals surface area contributed by atoms with E-state index < -0.39 is 0 Å². The lowest BCUT2D eigenvalue weighted by atomic mass is 10.2. The molecule has 1 unspecified atom stereocenters. The highest BCUT2D eigenvalue weighted by Crippen LogP contribution is 2.03. The maximum Gasteiger partial charge on any atom is 0.295 e. The quantitative estimate of drug-likeness (QED) is 0.607. The molecule has 1 N–H and O–H groups in total. The first-order chi connectivity index (χ1) is 6.33. The lowest BCUT2D eigenvalue weighted by Gasteiger charge is -2.22. The molecule has 1 atom stereocenters. The van der Waals surface area contributed by atoms with Crippen LogP contribution in [-0.4, -0.2) is 32.0 Å². The van der Waals surface area contributed by atoms with Gasteiger partial charge in [0.1, 0.15) is 6.79 Å². The molecule has 4 nitrogen and oxygen atoms in total. The number of nitrogens with one attached hydrogen (secondary N) is 1. The average Bonchev–Trinajstić information content (AvgIpc) is 2.17. The van der Waals surface area contributed by atoms with Gasteiger partial charge in [0.25, 0.3) is 5.91 Å². The van der Waals surface area contributed by atoms with Crippen LogP contribution in [0.1, 0.15) is 13.3 Å². The first-order valence-corrected chi connectivity index (χ1v) is 4.23. The summed E-state index contributed by atoms with van der Waals surface area (Å²) in [5.41, 5.74) is 0. The molecule has 0 spiro atoms. The van der Waals surface area contributed by atoms with Crippen LogP contribution in [0.2, 0.25) is 0 Å². The van der Waals surface area contributed by atoms with Crippen LogP contribution in [0.5, 0.6) is 0 Å². The average molecular weight is 183 g/mol. The second-order valence-electron chi connectivity index (χ2n) is 2.69. The fourth-order valence-corrected chi connectivity index (χ4v) is 1.03. The van der Waals surface area contributed by atoms with Gasteiger partial charge in [0.2, 0.25) is 0 Å². The minimum absolute atomic E-state index is 0.0661. The zero-order valence-corrected chi connectivity index (χ0v) is 7.63. The summed E-state index contributed by atoms with van der Waals surface area (Å²) in [6.45, 7) is 3.15. The molecular formula is C9H13NO3. The Balaban J connectivity index is 2.16. The molecule has 0 radical (unpaired) electrons. The van der Waals surface area contributed by atoms with Crippen molar-refractivity contribution in [2.45, 2.75) is 19.4 Å². The Labute approximate surface area is 77.6 Å².